The van der Waals surface area contributed by atoms with Crippen molar-refractivity contribution in [2.75, 3.05) is 38.1 Å². The molecule has 3 aromatic rings. The van der Waals surface area contributed by atoms with Gasteiger partial charge < -0.3 is 9.80 Å². The molecule has 0 radical (unpaired) electrons. The first kappa shape index (κ1) is 21.4. The molecule has 2 aromatic heterocycles. The highest BCUT2D eigenvalue weighted by atomic mass is 35.5. The lowest BCUT2D eigenvalue weighted by atomic mass is 9.72. The summed E-state index contributed by atoms with van der Waals surface area (Å²) in [6.07, 6.45) is 6.44. The summed E-state index contributed by atoms with van der Waals surface area (Å²) in [5.41, 5.74) is 5.58. The van der Waals surface area contributed by atoms with Crippen molar-refractivity contribution in [3.63, 3.8) is 0 Å². The fourth-order valence-corrected chi connectivity index (χ4v) is 5.97. The van der Waals surface area contributed by atoms with Gasteiger partial charge in [-0.25, -0.2) is 0 Å². The number of aromatic amines is 1. The van der Waals surface area contributed by atoms with Gasteiger partial charge in [-0.05, 0) is 24.1 Å². The van der Waals surface area contributed by atoms with Crippen LogP contribution in [0.3, 0.4) is 0 Å². The highest BCUT2D eigenvalue weighted by Crippen LogP contribution is 2.43. The number of aryl methyl sites for hydroxylation is 1. The van der Waals surface area contributed by atoms with Gasteiger partial charge in [0.05, 0.1) is 22.5 Å². The van der Waals surface area contributed by atoms with E-state index in [1.54, 1.807) is 29.0 Å². The standard InChI is InChI=1S/C24H26ClN7O2/c1-29-9-16(8-27-29)23(34)32-13-24(14-32)11-31(12-24)10-15-7-26-28-22(15)18-3-5-19-17(21(18)25)4-6-20(33)30(19)2/h3,5,7-9H,4,6,10-14H2,1-2H3,(H,26,28). The van der Waals surface area contributed by atoms with Crippen LogP contribution in [0.25, 0.3) is 11.3 Å². The minimum Gasteiger partial charge on any atom is -0.337 e. The van der Waals surface area contributed by atoms with Crippen molar-refractivity contribution in [1.82, 2.24) is 29.8 Å². The number of nitrogens with zero attached hydrogens (tertiary/aromatic N) is 6. The third kappa shape index (κ3) is 3.33. The van der Waals surface area contributed by atoms with E-state index in [0.29, 0.717) is 23.4 Å². The number of nitrogens with one attached hydrogen (secondary N) is 1. The Kier molecular flexibility index (Phi) is 4.82. The van der Waals surface area contributed by atoms with Crippen molar-refractivity contribution in [3.05, 3.63) is 52.4 Å². The predicted molar refractivity (Wildman–Crippen MR) is 128 cm³/mol. The van der Waals surface area contributed by atoms with E-state index in [9.17, 15) is 9.59 Å². The van der Waals surface area contributed by atoms with Gasteiger partial charge >= 0.3 is 0 Å². The summed E-state index contributed by atoms with van der Waals surface area (Å²) in [7, 11) is 3.61. The van der Waals surface area contributed by atoms with Gasteiger partial charge in [-0.3, -0.25) is 24.3 Å². The quantitative estimate of drug-likeness (QED) is 0.620. The second kappa shape index (κ2) is 7.68. The highest BCUT2D eigenvalue weighted by molar-refractivity contribution is 6.34. The van der Waals surface area contributed by atoms with Crippen molar-refractivity contribution in [2.45, 2.75) is 19.4 Å². The van der Waals surface area contributed by atoms with Crippen LogP contribution in [-0.2, 0) is 24.8 Å². The zero-order valence-corrected chi connectivity index (χ0v) is 20.0. The van der Waals surface area contributed by atoms with Gasteiger partial charge in [0.2, 0.25) is 5.91 Å². The van der Waals surface area contributed by atoms with Crippen LogP contribution in [0, 0.1) is 5.41 Å². The molecule has 5 heterocycles. The Morgan fingerprint density at radius 1 is 1.18 bits per heavy atom. The number of halogens is 1. The number of anilines is 1. The molecule has 0 aliphatic carbocycles. The van der Waals surface area contributed by atoms with Crippen molar-refractivity contribution in [2.24, 2.45) is 12.5 Å². The predicted octanol–water partition coefficient (Wildman–Crippen LogP) is 2.33. The van der Waals surface area contributed by atoms with Crippen LogP contribution in [0.1, 0.15) is 27.9 Å². The van der Waals surface area contributed by atoms with Gasteiger partial charge in [-0.1, -0.05) is 11.6 Å². The Morgan fingerprint density at radius 2 is 1.97 bits per heavy atom. The monoisotopic (exact) mass is 479 g/mol. The summed E-state index contributed by atoms with van der Waals surface area (Å²) in [5, 5.41) is 12.3. The van der Waals surface area contributed by atoms with Crippen molar-refractivity contribution in [3.8, 4) is 11.3 Å². The fourth-order valence-electron chi connectivity index (χ4n) is 5.62. The number of carbonyl (C=O) groups is 2. The molecule has 10 heteroatoms. The van der Waals surface area contributed by atoms with E-state index in [1.165, 1.54) is 0 Å². The second-order valence-corrected chi connectivity index (χ2v) is 10.2. The Bertz CT molecular complexity index is 1300. The minimum atomic E-state index is 0.0590. The number of H-pyrrole nitrogens is 1. The first-order valence-electron chi connectivity index (χ1n) is 11.4. The Balaban J connectivity index is 1.12. The zero-order valence-electron chi connectivity index (χ0n) is 19.2. The van der Waals surface area contributed by atoms with E-state index < -0.39 is 0 Å². The van der Waals surface area contributed by atoms with Crippen LogP contribution in [0.15, 0.2) is 30.7 Å². The zero-order chi connectivity index (χ0) is 23.6. The van der Waals surface area contributed by atoms with E-state index in [1.807, 2.05) is 30.3 Å². The minimum absolute atomic E-state index is 0.0590. The van der Waals surface area contributed by atoms with Crippen LogP contribution in [-0.4, -0.2) is 74.8 Å². The second-order valence-electron chi connectivity index (χ2n) is 9.85. The van der Waals surface area contributed by atoms with Crippen LogP contribution < -0.4 is 4.90 Å². The first-order chi connectivity index (χ1) is 16.3. The van der Waals surface area contributed by atoms with Crippen molar-refractivity contribution in [1.29, 1.82) is 0 Å². The first-order valence-corrected chi connectivity index (χ1v) is 11.8. The highest BCUT2D eigenvalue weighted by Gasteiger charge is 2.53. The third-order valence-corrected chi connectivity index (χ3v) is 7.75. The fraction of sp³-hybridized carbons (Fsp3) is 0.417. The number of carbonyl (C=O) groups excluding carboxylic acids is 2. The van der Waals surface area contributed by atoms with Gasteiger partial charge in [0.25, 0.3) is 5.91 Å². The maximum absolute atomic E-state index is 12.6. The van der Waals surface area contributed by atoms with Crippen molar-refractivity contribution >= 4 is 29.1 Å². The molecule has 9 nitrogen and oxygen atoms in total. The molecule has 3 aliphatic heterocycles. The molecule has 1 aromatic carbocycles. The molecule has 2 saturated heterocycles. The maximum atomic E-state index is 12.6. The van der Waals surface area contributed by atoms with E-state index in [-0.39, 0.29) is 17.2 Å². The average molecular weight is 480 g/mol. The van der Waals surface area contributed by atoms with E-state index >= 15 is 0 Å². The summed E-state index contributed by atoms with van der Waals surface area (Å²) < 4.78 is 1.66. The normalized spacial score (nSPS) is 19.2. The van der Waals surface area contributed by atoms with Crippen LogP contribution >= 0.6 is 11.6 Å². The van der Waals surface area contributed by atoms with Gasteiger partial charge in [0.1, 0.15) is 0 Å². The molecule has 0 bridgehead atoms. The Labute approximate surface area is 202 Å². The summed E-state index contributed by atoms with van der Waals surface area (Å²) >= 11 is 6.81. The molecular formula is C24H26ClN7O2. The average Bonchev–Trinajstić information content (AvgIpc) is 3.40. The van der Waals surface area contributed by atoms with Gasteiger partial charge in [-0.15, -0.1) is 0 Å². The summed E-state index contributed by atoms with van der Waals surface area (Å²) in [4.78, 5) is 30.6. The molecule has 34 heavy (non-hydrogen) atoms. The van der Waals surface area contributed by atoms with E-state index in [0.717, 1.165) is 60.8 Å². The molecule has 0 unspecified atom stereocenters. The Hall–Kier alpha value is -3.17. The molecule has 3 aliphatic rings. The molecule has 176 valence electrons. The number of hydrogen-bond acceptors (Lipinski definition) is 5. The number of likely N-dealkylation sites (tertiary alicyclic amines) is 2. The number of benzene rings is 1. The van der Waals surface area contributed by atoms with Gasteiger partial charge in [-0.2, -0.15) is 10.2 Å². The molecule has 1 N–H and O–H groups in total. The lowest BCUT2D eigenvalue weighted by molar-refractivity contribution is -0.118. The molecule has 2 fully saturated rings. The summed E-state index contributed by atoms with van der Waals surface area (Å²) in [6.45, 7) is 4.27. The van der Waals surface area contributed by atoms with Crippen molar-refractivity contribution < 1.29 is 9.59 Å². The molecule has 2 amide bonds. The number of rotatable bonds is 4. The molecule has 1 spiro atoms. The third-order valence-electron chi connectivity index (χ3n) is 7.32. The number of amides is 2. The largest absolute Gasteiger partial charge is 0.337 e. The van der Waals surface area contributed by atoms with Crippen LogP contribution in [0.2, 0.25) is 5.02 Å². The molecule has 6 rings (SSSR count). The number of aromatic nitrogens is 4. The van der Waals surface area contributed by atoms with Gasteiger partial charge in [0, 0.05) is 87.9 Å². The molecular weight excluding hydrogens is 454 g/mol. The van der Waals surface area contributed by atoms with E-state index in [2.05, 4.69) is 20.2 Å². The lowest BCUT2D eigenvalue weighted by Gasteiger charge is -2.60. The maximum Gasteiger partial charge on any atom is 0.257 e. The topological polar surface area (TPSA) is 90.4 Å². The number of hydrogen-bond donors (Lipinski definition) is 1. The van der Waals surface area contributed by atoms with Crippen LogP contribution in [0.5, 0.6) is 0 Å². The Morgan fingerprint density at radius 3 is 2.71 bits per heavy atom. The molecule has 0 atom stereocenters. The lowest BCUT2D eigenvalue weighted by Crippen LogP contribution is -2.72. The van der Waals surface area contributed by atoms with Crippen LogP contribution in [0.4, 0.5) is 5.69 Å². The number of fused-ring (bicyclic) bond motifs is 1. The smallest absolute Gasteiger partial charge is 0.257 e. The summed E-state index contributed by atoms with van der Waals surface area (Å²) in [5.74, 6) is 0.170. The van der Waals surface area contributed by atoms with Gasteiger partial charge in [0.15, 0.2) is 0 Å². The molecule has 0 saturated carbocycles. The van der Waals surface area contributed by atoms with E-state index in [4.69, 9.17) is 11.6 Å². The summed E-state index contributed by atoms with van der Waals surface area (Å²) in [6, 6.07) is 3.92. The SMILES string of the molecule is CN1C(=O)CCc2c1ccc(-c1n[nH]cc1CN1CC3(C1)CN(C(=O)c1cnn(C)c1)C3)c2Cl.